The molecule has 0 amide bonds. The molecule has 2 aromatic carbocycles. The van der Waals surface area contributed by atoms with Gasteiger partial charge in [-0.3, -0.25) is 0 Å². The van der Waals surface area contributed by atoms with E-state index < -0.39 is 0 Å². The first kappa shape index (κ1) is 12.9. The van der Waals surface area contributed by atoms with Crippen LogP contribution in [0.3, 0.4) is 0 Å². The lowest BCUT2D eigenvalue weighted by molar-refractivity contribution is 0.597. The summed E-state index contributed by atoms with van der Waals surface area (Å²) in [5, 5.41) is 4.56. The van der Waals surface area contributed by atoms with Crippen LogP contribution in [0.5, 0.6) is 0 Å². The van der Waals surface area contributed by atoms with Crippen molar-refractivity contribution in [2.24, 2.45) is 0 Å². The van der Waals surface area contributed by atoms with E-state index in [1.165, 1.54) is 22.1 Å². The first-order valence-corrected chi connectivity index (χ1v) is 7.05. The molecule has 102 valence electrons. The van der Waals surface area contributed by atoms with Crippen molar-refractivity contribution in [1.29, 1.82) is 0 Å². The maximum atomic E-state index is 5.66. The van der Waals surface area contributed by atoms with Crippen molar-refractivity contribution in [3.63, 3.8) is 0 Å². The maximum Gasteiger partial charge on any atom is 0.134 e. The van der Waals surface area contributed by atoms with E-state index in [4.69, 9.17) is 4.42 Å². The zero-order valence-corrected chi connectivity index (χ0v) is 11.9. The molecule has 3 rings (SSSR count). The van der Waals surface area contributed by atoms with Crippen LogP contribution >= 0.6 is 0 Å². The number of fused-ring (bicyclic) bond motifs is 1. The molecule has 0 aliphatic rings. The number of hydrogen-bond donors (Lipinski definition) is 1. The summed E-state index contributed by atoms with van der Waals surface area (Å²) in [6.45, 7) is 2.17. The van der Waals surface area contributed by atoms with Crippen LogP contribution in [0.1, 0.15) is 29.7 Å². The number of hydrogen-bond acceptors (Lipinski definition) is 2. The Morgan fingerprint density at radius 1 is 1.05 bits per heavy atom. The molecule has 1 aromatic heterocycles. The van der Waals surface area contributed by atoms with E-state index in [9.17, 15) is 0 Å². The van der Waals surface area contributed by atoms with E-state index in [2.05, 4.69) is 42.6 Å². The third-order valence-electron chi connectivity index (χ3n) is 3.83. The van der Waals surface area contributed by atoms with Gasteiger partial charge in [0.15, 0.2) is 0 Å². The number of rotatable bonds is 4. The minimum atomic E-state index is 0.157. The van der Waals surface area contributed by atoms with Gasteiger partial charge in [0, 0.05) is 10.9 Å². The SMILES string of the molecule is CCc1ccc(C(NC)c2coc3ccccc23)cc1. The summed E-state index contributed by atoms with van der Waals surface area (Å²) in [4.78, 5) is 0. The first-order chi connectivity index (χ1) is 9.83. The molecule has 0 radical (unpaired) electrons. The Morgan fingerprint density at radius 2 is 1.80 bits per heavy atom. The van der Waals surface area contributed by atoms with Crippen LogP contribution in [-0.2, 0) is 6.42 Å². The van der Waals surface area contributed by atoms with Gasteiger partial charge in [-0.05, 0) is 30.7 Å². The fraction of sp³-hybridized carbons (Fsp3) is 0.222. The fourth-order valence-electron chi connectivity index (χ4n) is 2.67. The maximum absolute atomic E-state index is 5.66. The molecule has 1 unspecified atom stereocenters. The zero-order chi connectivity index (χ0) is 13.9. The second kappa shape index (κ2) is 5.51. The molecule has 3 aromatic rings. The minimum absolute atomic E-state index is 0.157. The molecule has 0 spiro atoms. The Kier molecular flexibility index (Phi) is 3.57. The molecule has 1 heterocycles. The van der Waals surface area contributed by atoms with E-state index in [-0.39, 0.29) is 6.04 Å². The highest BCUT2D eigenvalue weighted by molar-refractivity contribution is 5.81. The van der Waals surface area contributed by atoms with Crippen LogP contribution in [0, 0.1) is 0 Å². The topological polar surface area (TPSA) is 25.2 Å². The Labute approximate surface area is 119 Å². The summed E-state index contributed by atoms with van der Waals surface area (Å²) in [7, 11) is 1.99. The summed E-state index contributed by atoms with van der Waals surface area (Å²) >= 11 is 0. The van der Waals surface area contributed by atoms with E-state index in [1.807, 2.05) is 31.5 Å². The van der Waals surface area contributed by atoms with Gasteiger partial charge in [-0.2, -0.15) is 0 Å². The number of para-hydroxylation sites is 1. The average molecular weight is 265 g/mol. The van der Waals surface area contributed by atoms with Gasteiger partial charge in [-0.25, -0.2) is 0 Å². The summed E-state index contributed by atoms with van der Waals surface area (Å²) < 4.78 is 5.66. The molecule has 2 nitrogen and oxygen atoms in total. The molecule has 0 bridgehead atoms. The third-order valence-corrected chi connectivity index (χ3v) is 3.83. The summed E-state index contributed by atoms with van der Waals surface area (Å²) in [5.74, 6) is 0. The molecule has 20 heavy (non-hydrogen) atoms. The minimum Gasteiger partial charge on any atom is -0.464 e. The van der Waals surface area contributed by atoms with Gasteiger partial charge in [0.25, 0.3) is 0 Å². The van der Waals surface area contributed by atoms with Crippen molar-refractivity contribution in [2.45, 2.75) is 19.4 Å². The Balaban J connectivity index is 2.04. The monoisotopic (exact) mass is 265 g/mol. The summed E-state index contributed by atoms with van der Waals surface area (Å²) in [6.07, 6.45) is 2.93. The van der Waals surface area contributed by atoms with Crippen molar-refractivity contribution >= 4 is 11.0 Å². The standard InChI is InChI=1S/C18H19NO/c1-3-13-8-10-14(11-9-13)18(19-2)16-12-20-17-7-5-4-6-15(16)17/h4-12,18-19H,3H2,1-2H3. The van der Waals surface area contributed by atoms with Crippen molar-refractivity contribution in [1.82, 2.24) is 5.32 Å². The van der Waals surface area contributed by atoms with Gasteiger partial charge in [-0.1, -0.05) is 49.4 Å². The first-order valence-electron chi connectivity index (χ1n) is 7.05. The Hall–Kier alpha value is -2.06. The molecule has 2 heteroatoms. The third kappa shape index (κ3) is 2.23. The smallest absolute Gasteiger partial charge is 0.134 e. The van der Waals surface area contributed by atoms with E-state index >= 15 is 0 Å². The summed E-state index contributed by atoms with van der Waals surface area (Å²) in [5.41, 5.74) is 4.75. The van der Waals surface area contributed by atoms with Gasteiger partial charge < -0.3 is 9.73 Å². The molecule has 0 saturated carbocycles. The molecular formula is C18H19NO. The average Bonchev–Trinajstić information content (AvgIpc) is 2.93. The van der Waals surface area contributed by atoms with Crippen LogP contribution in [-0.4, -0.2) is 7.05 Å². The molecule has 0 fully saturated rings. The van der Waals surface area contributed by atoms with Crippen LogP contribution in [0.15, 0.2) is 59.2 Å². The van der Waals surface area contributed by atoms with Gasteiger partial charge in [0.05, 0.1) is 12.3 Å². The normalized spacial score (nSPS) is 12.7. The zero-order valence-electron chi connectivity index (χ0n) is 11.9. The Morgan fingerprint density at radius 3 is 2.50 bits per heavy atom. The van der Waals surface area contributed by atoms with Gasteiger partial charge in [-0.15, -0.1) is 0 Å². The predicted molar refractivity (Wildman–Crippen MR) is 82.9 cm³/mol. The number of benzene rings is 2. The molecule has 0 aliphatic carbocycles. The predicted octanol–water partition coefficient (Wildman–Crippen LogP) is 4.30. The van der Waals surface area contributed by atoms with E-state index in [1.54, 1.807) is 0 Å². The van der Waals surface area contributed by atoms with Crippen LogP contribution in [0.25, 0.3) is 11.0 Å². The van der Waals surface area contributed by atoms with Gasteiger partial charge in [0.2, 0.25) is 0 Å². The second-order valence-electron chi connectivity index (χ2n) is 5.00. The Bertz CT molecular complexity index is 697. The largest absolute Gasteiger partial charge is 0.464 e. The van der Waals surface area contributed by atoms with Crippen molar-refractivity contribution < 1.29 is 4.42 Å². The second-order valence-corrected chi connectivity index (χ2v) is 5.00. The molecule has 1 N–H and O–H groups in total. The number of furan rings is 1. The fourth-order valence-corrected chi connectivity index (χ4v) is 2.67. The van der Waals surface area contributed by atoms with Crippen molar-refractivity contribution in [2.75, 3.05) is 7.05 Å². The lowest BCUT2D eigenvalue weighted by atomic mass is 9.97. The highest BCUT2D eigenvalue weighted by Gasteiger charge is 2.17. The van der Waals surface area contributed by atoms with Gasteiger partial charge >= 0.3 is 0 Å². The lowest BCUT2D eigenvalue weighted by Crippen LogP contribution is -2.17. The van der Waals surface area contributed by atoms with Crippen LogP contribution in [0.2, 0.25) is 0 Å². The van der Waals surface area contributed by atoms with Crippen LogP contribution < -0.4 is 5.32 Å². The number of aryl methyl sites for hydroxylation is 1. The quantitative estimate of drug-likeness (QED) is 0.760. The van der Waals surface area contributed by atoms with E-state index in [0.29, 0.717) is 0 Å². The highest BCUT2D eigenvalue weighted by atomic mass is 16.3. The van der Waals surface area contributed by atoms with Crippen LogP contribution in [0.4, 0.5) is 0 Å². The van der Waals surface area contributed by atoms with Crippen molar-refractivity contribution in [3.05, 3.63) is 71.5 Å². The summed E-state index contributed by atoms with van der Waals surface area (Å²) in [6, 6.07) is 17.1. The number of nitrogens with one attached hydrogen (secondary N) is 1. The molecule has 0 aliphatic heterocycles. The van der Waals surface area contributed by atoms with E-state index in [0.717, 1.165) is 12.0 Å². The molecule has 1 atom stereocenters. The van der Waals surface area contributed by atoms with Crippen molar-refractivity contribution in [3.8, 4) is 0 Å². The lowest BCUT2D eigenvalue weighted by Gasteiger charge is -2.16. The molecule has 0 saturated heterocycles. The highest BCUT2D eigenvalue weighted by Crippen LogP contribution is 2.30. The van der Waals surface area contributed by atoms with Gasteiger partial charge in [0.1, 0.15) is 5.58 Å². The molecular weight excluding hydrogens is 246 g/mol.